The predicted molar refractivity (Wildman–Crippen MR) is 66.8 cm³/mol. The Balaban J connectivity index is 2.11. The summed E-state index contributed by atoms with van der Waals surface area (Å²) in [5.74, 6) is 0.663. The van der Waals surface area contributed by atoms with Crippen molar-refractivity contribution >= 4 is 17.4 Å². The molecule has 0 aromatic heterocycles. The van der Waals surface area contributed by atoms with Gasteiger partial charge in [0.2, 0.25) is 0 Å². The van der Waals surface area contributed by atoms with Crippen molar-refractivity contribution in [3.05, 3.63) is 34.9 Å². The van der Waals surface area contributed by atoms with E-state index in [0.29, 0.717) is 10.8 Å². The molecule has 1 fully saturated rings. The Bertz CT molecular complexity index is 380. The predicted octanol–water partition coefficient (Wildman–Crippen LogP) is 4.20. The molecule has 2 rings (SSSR count). The molecular weight excluding hydrogens is 220 g/mol. The molecule has 2 heteroatoms. The number of halogens is 1. The minimum atomic E-state index is -0.0122. The Labute approximate surface area is 102 Å². The molecule has 1 aromatic carbocycles. The smallest absolute Gasteiger partial charge is 0.143 e. The fraction of sp³-hybridized carbons (Fsp3) is 0.500. The van der Waals surface area contributed by atoms with Crippen LogP contribution in [-0.2, 0) is 4.79 Å². The van der Waals surface area contributed by atoms with Gasteiger partial charge in [0.05, 0.1) is 0 Å². The van der Waals surface area contributed by atoms with Gasteiger partial charge >= 0.3 is 0 Å². The summed E-state index contributed by atoms with van der Waals surface area (Å²) in [5, 5.41) is 0.712. The zero-order valence-electron chi connectivity index (χ0n) is 9.58. The third kappa shape index (κ3) is 2.46. The highest BCUT2D eigenvalue weighted by Gasteiger charge is 2.27. The molecule has 1 aliphatic rings. The van der Waals surface area contributed by atoms with E-state index in [1.165, 1.54) is 12.8 Å². The van der Waals surface area contributed by atoms with Crippen LogP contribution < -0.4 is 0 Å². The topological polar surface area (TPSA) is 17.1 Å². The highest BCUT2D eigenvalue weighted by Crippen LogP contribution is 2.31. The summed E-state index contributed by atoms with van der Waals surface area (Å²) in [6, 6.07) is 7.65. The summed E-state index contributed by atoms with van der Waals surface area (Å²) >= 11 is 5.94. The zero-order valence-corrected chi connectivity index (χ0v) is 10.3. The van der Waals surface area contributed by atoms with E-state index in [2.05, 4.69) is 0 Å². The number of hydrogen-bond acceptors (Lipinski definition) is 1. The van der Waals surface area contributed by atoms with Crippen LogP contribution in [0.25, 0.3) is 0 Å². The van der Waals surface area contributed by atoms with E-state index in [1.807, 2.05) is 31.2 Å². The number of carbonyl (C=O) groups excluding carboxylic acids is 1. The molecular formula is C14H17ClO. The second-order valence-electron chi connectivity index (χ2n) is 4.66. The van der Waals surface area contributed by atoms with E-state index in [1.54, 1.807) is 0 Å². The fourth-order valence-corrected chi connectivity index (χ4v) is 2.70. The van der Waals surface area contributed by atoms with Gasteiger partial charge in [-0.05, 0) is 30.5 Å². The molecule has 0 N–H and O–H groups in total. The summed E-state index contributed by atoms with van der Waals surface area (Å²) in [4.78, 5) is 12.2. The standard InChI is InChI=1S/C14H17ClO/c1-10(12-7-4-8-13(15)9-12)14(16)11-5-2-3-6-11/h4,7-11H,2-3,5-6H2,1H3/t10-/m0/s1. The monoisotopic (exact) mass is 236 g/mol. The number of Topliss-reactive ketones (excluding diaryl/α,β-unsaturated/α-hetero) is 1. The van der Waals surface area contributed by atoms with Crippen molar-refractivity contribution in [2.24, 2.45) is 5.92 Å². The average molecular weight is 237 g/mol. The lowest BCUT2D eigenvalue weighted by Crippen LogP contribution is -2.17. The molecule has 0 spiro atoms. The lowest BCUT2D eigenvalue weighted by atomic mass is 9.88. The Kier molecular flexibility index (Phi) is 3.65. The minimum Gasteiger partial charge on any atom is -0.299 e. The maximum absolute atomic E-state index is 12.2. The zero-order chi connectivity index (χ0) is 11.5. The van der Waals surface area contributed by atoms with Crippen LogP contribution in [0.3, 0.4) is 0 Å². The van der Waals surface area contributed by atoms with Gasteiger partial charge in [-0.25, -0.2) is 0 Å². The van der Waals surface area contributed by atoms with Gasteiger partial charge < -0.3 is 0 Å². The molecule has 1 aromatic rings. The molecule has 1 aliphatic carbocycles. The van der Waals surface area contributed by atoms with Gasteiger partial charge in [0.15, 0.2) is 0 Å². The first-order valence-corrected chi connectivity index (χ1v) is 6.35. The number of carbonyl (C=O) groups is 1. The summed E-state index contributed by atoms with van der Waals surface area (Å²) < 4.78 is 0. The number of rotatable bonds is 3. The molecule has 0 aliphatic heterocycles. The van der Waals surface area contributed by atoms with Crippen LogP contribution in [0.1, 0.15) is 44.1 Å². The van der Waals surface area contributed by atoms with Gasteiger partial charge in [-0.15, -0.1) is 0 Å². The van der Waals surface area contributed by atoms with E-state index < -0.39 is 0 Å². The van der Waals surface area contributed by atoms with Crippen LogP contribution in [0.15, 0.2) is 24.3 Å². The minimum absolute atomic E-state index is 0.0122. The van der Waals surface area contributed by atoms with Gasteiger partial charge in [0, 0.05) is 16.9 Å². The largest absolute Gasteiger partial charge is 0.299 e. The Morgan fingerprint density at radius 3 is 2.69 bits per heavy atom. The van der Waals surface area contributed by atoms with Gasteiger partial charge in [-0.3, -0.25) is 4.79 Å². The molecule has 0 radical (unpaired) electrons. The van der Waals surface area contributed by atoms with E-state index in [9.17, 15) is 4.79 Å². The van der Waals surface area contributed by atoms with Crippen LogP contribution >= 0.6 is 11.6 Å². The van der Waals surface area contributed by atoms with Crippen LogP contribution in [-0.4, -0.2) is 5.78 Å². The summed E-state index contributed by atoms with van der Waals surface area (Å²) in [6.07, 6.45) is 4.56. The van der Waals surface area contributed by atoms with Crippen molar-refractivity contribution in [3.63, 3.8) is 0 Å². The second-order valence-corrected chi connectivity index (χ2v) is 5.10. The molecule has 1 atom stereocenters. The first-order chi connectivity index (χ1) is 7.68. The average Bonchev–Trinajstić information content (AvgIpc) is 2.80. The van der Waals surface area contributed by atoms with Crippen molar-refractivity contribution in [1.29, 1.82) is 0 Å². The van der Waals surface area contributed by atoms with Crippen molar-refractivity contribution < 1.29 is 4.79 Å². The summed E-state index contributed by atoms with van der Waals surface area (Å²) in [6.45, 7) is 1.99. The van der Waals surface area contributed by atoms with Crippen molar-refractivity contribution in [2.75, 3.05) is 0 Å². The quantitative estimate of drug-likeness (QED) is 0.769. The Morgan fingerprint density at radius 1 is 1.38 bits per heavy atom. The van der Waals surface area contributed by atoms with Crippen LogP contribution in [0, 0.1) is 5.92 Å². The Morgan fingerprint density at radius 2 is 2.06 bits per heavy atom. The number of hydrogen-bond donors (Lipinski definition) is 0. The molecule has 0 amide bonds. The fourth-order valence-electron chi connectivity index (χ4n) is 2.50. The normalized spacial score (nSPS) is 18.6. The third-order valence-electron chi connectivity index (χ3n) is 3.53. The van der Waals surface area contributed by atoms with Crippen molar-refractivity contribution in [1.82, 2.24) is 0 Å². The first-order valence-electron chi connectivity index (χ1n) is 5.97. The molecule has 0 bridgehead atoms. The molecule has 16 heavy (non-hydrogen) atoms. The SMILES string of the molecule is C[C@H](C(=O)C1CCCC1)c1cccc(Cl)c1. The van der Waals surface area contributed by atoms with Crippen molar-refractivity contribution in [2.45, 2.75) is 38.5 Å². The lowest BCUT2D eigenvalue weighted by Gasteiger charge is -2.15. The summed E-state index contributed by atoms with van der Waals surface area (Å²) in [7, 11) is 0. The second kappa shape index (κ2) is 5.01. The molecule has 0 heterocycles. The first kappa shape index (κ1) is 11.7. The summed E-state index contributed by atoms with van der Waals surface area (Å²) in [5.41, 5.74) is 1.05. The van der Waals surface area contributed by atoms with E-state index >= 15 is 0 Å². The Hall–Kier alpha value is -0.820. The number of benzene rings is 1. The lowest BCUT2D eigenvalue weighted by molar-refractivity contribution is -0.123. The van der Waals surface area contributed by atoms with Crippen LogP contribution in [0.4, 0.5) is 0 Å². The van der Waals surface area contributed by atoms with Gasteiger partial charge in [-0.1, -0.05) is 43.5 Å². The molecule has 1 nitrogen and oxygen atoms in total. The van der Waals surface area contributed by atoms with Crippen LogP contribution in [0.2, 0.25) is 5.02 Å². The molecule has 0 unspecified atom stereocenters. The molecule has 1 saturated carbocycles. The maximum Gasteiger partial charge on any atom is 0.143 e. The highest BCUT2D eigenvalue weighted by atomic mass is 35.5. The number of ketones is 1. The highest BCUT2D eigenvalue weighted by molar-refractivity contribution is 6.30. The van der Waals surface area contributed by atoms with Crippen molar-refractivity contribution in [3.8, 4) is 0 Å². The van der Waals surface area contributed by atoms with Gasteiger partial charge in [0.25, 0.3) is 0 Å². The van der Waals surface area contributed by atoms with E-state index in [4.69, 9.17) is 11.6 Å². The van der Waals surface area contributed by atoms with Gasteiger partial charge in [0.1, 0.15) is 5.78 Å². The third-order valence-corrected chi connectivity index (χ3v) is 3.77. The van der Waals surface area contributed by atoms with Gasteiger partial charge in [-0.2, -0.15) is 0 Å². The molecule has 86 valence electrons. The van der Waals surface area contributed by atoms with Crippen LogP contribution in [0.5, 0.6) is 0 Å². The molecule has 0 saturated heterocycles. The van der Waals surface area contributed by atoms with E-state index in [0.717, 1.165) is 18.4 Å². The van der Waals surface area contributed by atoms with E-state index in [-0.39, 0.29) is 11.8 Å². The maximum atomic E-state index is 12.2.